The zero-order chi connectivity index (χ0) is 20.5. The summed E-state index contributed by atoms with van der Waals surface area (Å²) in [6, 6.07) is 16.2. The van der Waals surface area contributed by atoms with E-state index in [-0.39, 0.29) is 5.91 Å². The molecule has 1 fully saturated rings. The van der Waals surface area contributed by atoms with Crippen LogP contribution in [0.15, 0.2) is 53.5 Å². The van der Waals surface area contributed by atoms with Gasteiger partial charge in [-0.25, -0.2) is 4.99 Å². The number of hydrogen-bond donors (Lipinski definition) is 2. The molecule has 2 aromatic rings. The average Bonchev–Trinajstić information content (AvgIpc) is 3.18. The molecule has 1 aliphatic rings. The van der Waals surface area contributed by atoms with E-state index in [0.29, 0.717) is 13.0 Å². The van der Waals surface area contributed by atoms with Gasteiger partial charge < -0.3 is 20.3 Å². The topological polar surface area (TPSA) is 66.0 Å². The molecule has 0 spiro atoms. The molecule has 0 unspecified atom stereocenters. The molecule has 0 saturated carbocycles. The molecule has 0 radical (unpaired) electrons. The Hall–Kier alpha value is -3.02. The van der Waals surface area contributed by atoms with Crippen molar-refractivity contribution in [2.45, 2.75) is 32.7 Å². The van der Waals surface area contributed by atoms with Crippen LogP contribution in [0.2, 0.25) is 0 Å². The van der Waals surface area contributed by atoms with Gasteiger partial charge in [0.15, 0.2) is 5.96 Å². The lowest BCUT2D eigenvalue weighted by molar-refractivity contribution is -0.117. The third-order valence-corrected chi connectivity index (χ3v) is 4.96. The second-order valence-electron chi connectivity index (χ2n) is 7.00. The Morgan fingerprint density at radius 3 is 2.62 bits per heavy atom. The lowest BCUT2D eigenvalue weighted by Gasteiger charge is -2.16. The Morgan fingerprint density at radius 1 is 1.14 bits per heavy atom. The number of guanidine groups is 1. The molecule has 6 heteroatoms. The second-order valence-corrected chi connectivity index (χ2v) is 7.00. The van der Waals surface area contributed by atoms with Crippen LogP contribution >= 0.6 is 0 Å². The zero-order valence-electron chi connectivity index (χ0n) is 17.3. The van der Waals surface area contributed by atoms with Crippen LogP contribution in [0.1, 0.15) is 30.9 Å². The number of nitrogens with zero attached hydrogens (tertiary/aromatic N) is 2. The summed E-state index contributed by atoms with van der Waals surface area (Å²) in [7, 11) is 1.70. The van der Waals surface area contributed by atoms with Gasteiger partial charge in [0.2, 0.25) is 5.91 Å². The average molecular weight is 395 g/mol. The SMILES string of the molecule is CCNC(=NCc1ccc(N2CCCC2=O)cc1)NCCc1ccccc1OC. The Bertz CT molecular complexity index is 833. The number of nitrogens with one attached hydrogen (secondary N) is 2. The van der Waals surface area contributed by atoms with Crippen molar-refractivity contribution in [2.75, 3.05) is 31.6 Å². The van der Waals surface area contributed by atoms with E-state index in [9.17, 15) is 4.79 Å². The smallest absolute Gasteiger partial charge is 0.227 e. The number of carbonyl (C=O) groups excluding carboxylic acids is 1. The summed E-state index contributed by atoms with van der Waals surface area (Å²) >= 11 is 0. The first-order valence-corrected chi connectivity index (χ1v) is 10.2. The summed E-state index contributed by atoms with van der Waals surface area (Å²) in [6.07, 6.45) is 2.45. The molecule has 2 N–H and O–H groups in total. The van der Waals surface area contributed by atoms with E-state index >= 15 is 0 Å². The molecule has 154 valence electrons. The summed E-state index contributed by atoms with van der Waals surface area (Å²) in [5.41, 5.74) is 3.26. The largest absolute Gasteiger partial charge is 0.496 e. The minimum atomic E-state index is 0.212. The predicted molar refractivity (Wildman–Crippen MR) is 118 cm³/mol. The van der Waals surface area contributed by atoms with Gasteiger partial charge >= 0.3 is 0 Å². The summed E-state index contributed by atoms with van der Waals surface area (Å²) in [5, 5.41) is 6.67. The molecule has 1 heterocycles. The molecule has 1 saturated heterocycles. The van der Waals surface area contributed by atoms with Crippen molar-refractivity contribution in [1.29, 1.82) is 0 Å². The highest BCUT2D eigenvalue weighted by Crippen LogP contribution is 2.21. The number of carbonyl (C=O) groups is 1. The Morgan fingerprint density at radius 2 is 1.93 bits per heavy atom. The van der Waals surface area contributed by atoms with E-state index in [0.717, 1.165) is 55.4 Å². The number of methoxy groups -OCH3 is 1. The van der Waals surface area contributed by atoms with Crippen LogP contribution in [0.3, 0.4) is 0 Å². The highest BCUT2D eigenvalue weighted by molar-refractivity contribution is 5.95. The molecule has 2 aromatic carbocycles. The maximum Gasteiger partial charge on any atom is 0.227 e. The first-order valence-electron chi connectivity index (χ1n) is 10.2. The molecule has 0 aromatic heterocycles. The number of anilines is 1. The number of hydrogen-bond acceptors (Lipinski definition) is 3. The van der Waals surface area contributed by atoms with Crippen LogP contribution in [-0.2, 0) is 17.8 Å². The number of rotatable bonds is 8. The third kappa shape index (κ3) is 5.73. The van der Waals surface area contributed by atoms with E-state index in [2.05, 4.69) is 28.6 Å². The molecule has 0 aliphatic carbocycles. The van der Waals surface area contributed by atoms with Crippen molar-refractivity contribution < 1.29 is 9.53 Å². The van der Waals surface area contributed by atoms with Gasteiger partial charge in [-0.1, -0.05) is 30.3 Å². The predicted octanol–water partition coefficient (Wildman–Crippen LogP) is 3.12. The van der Waals surface area contributed by atoms with Crippen LogP contribution in [0.4, 0.5) is 5.69 Å². The Balaban J connectivity index is 1.55. The number of para-hydroxylation sites is 1. The molecule has 6 nitrogen and oxygen atoms in total. The minimum absolute atomic E-state index is 0.212. The van der Waals surface area contributed by atoms with E-state index in [1.807, 2.05) is 47.4 Å². The van der Waals surface area contributed by atoms with Crippen molar-refractivity contribution in [1.82, 2.24) is 10.6 Å². The summed E-state index contributed by atoms with van der Waals surface area (Å²) in [5.74, 6) is 1.92. The van der Waals surface area contributed by atoms with Gasteiger partial charge in [0.05, 0.1) is 13.7 Å². The Labute approximate surface area is 173 Å². The molecular weight excluding hydrogens is 364 g/mol. The van der Waals surface area contributed by atoms with Crippen molar-refractivity contribution in [2.24, 2.45) is 4.99 Å². The lowest BCUT2D eigenvalue weighted by Crippen LogP contribution is -2.38. The summed E-state index contributed by atoms with van der Waals surface area (Å²) in [4.78, 5) is 18.4. The monoisotopic (exact) mass is 394 g/mol. The minimum Gasteiger partial charge on any atom is -0.496 e. The number of amides is 1. The van der Waals surface area contributed by atoms with Gasteiger partial charge in [0.25, 0.3) is 0 Å². The lowest BCUT2D eigenvalue weighted by atomic mass is 10.1. The van der Waals surface area contributed by atoms with Crippen LogP contribution in [0.25, 0.3) is 0 Å². The number of ether oxygens (including phenoxy) is 1. The highest BCUT2D eigenvalue weighted by Gasteiger charge is 2.21. The van der Waals surface area contributed by atoms with Gasteiger partial charge in [0, 0.05) is 31.7 Å². The zero-order valence-corrected chi connectivity index (χ0v) is 17.3. The summed E-state index contributed by atoms with van der Waals surface area (Å²) < 4.78 is 5.41. The molecule has 1 amide bonds. The van der Waals surface area contributed by atoms with Crippen LogP contribution in [-0.4, -0.2) is 38.6 Å². The second kappa shape index (κ2) is 10.5. The fraction of sp³-hybridized carbons (Fsp3) is 0.391. The maximum absolute atomic E-state index is 11.9. The van der Waals surface area contributed by atoms with E-state index in [4.69, 9.17) is 4.74 Å². The van der Waals surface area contributed by atoms with Gasteiger partial charge in [-0.05, 0) is 49.1 Å². The van der Waals surface area contributed by atoms with Crippen LogP contribution < -0.4 is 20.3 Å². The van der Waals surface area contributed by atoms with Gasteiger partial charge in [-0.3, -0.25) is 4.79 Å². The van der Waals surface area contributed by atoms with Crippen molar-refractivity contribution in [3.05, 3.63) is 59.7 Å². The van der Waals surface area contributed by atoms with E-state index in [1.54, 1.807) is 7.11 Å². The number of aliphatic imine (C=N–C) groups is 1. The van der Waals surface area contributed by atoms with Gasteiger partial charge in [0.1, 0.15) is 5.75 Å². The molecular formula is C23H30N4O2. The van der Waals surface area contributed by atoms with E-state index < -0.39 is 0 Å². The van der Waals surface area contributed by atoms with Crippen LogP contribution in [0.5, 0.6) is 5.75 Å². The highest BCUT2D eigenvalue weighted by atomic mass is 16.5. The molecule has 1 aliphatic heterocycles. The molecule has 0 atom stereocenters. The van der Waals surface area contributed by atoms with Crippen molar-refractivity contribution >= 4 is 17.6 Å². The first kappa shape index (κ1) is 20.7. The maximum atomic E-state index is 11.9. The van der Waals surface area contributed by atoms with Crippen LogP contribution in [0, 0.1) is 0 Å². The van der Waals surface area contributed by atoms with Gasteiger partial charge in [-0.2, -0.15) is 0 Å². The molecule has 0 bridgehead atoms. The summed E-state index contributed by atoms with van der Waals surface area (Å²) in [6.45, 7) is 5.02. The quantitative estimate of drug-likeness (QED) is 0.533. The third-order valence-electron chi connectivity index (χ3n) is 4.96. The molecule has 3 rings (SSSR count). The Kier molecular flexibility index (Phi) is 7.50. The number of benzene rings is 2. The van der Waals surface area contributed by atoms with E-state index in [1.165, 1.54) is 5.56 Å². The standard InChI is InChI=1S/C23H30N4O2/c1-3-24-23(25-15-14-19-7-4-5-8-21(19)29-2)26-17-18-10-12-20(13-11-18)27-16-6-9-22(27)28/h4-5,7-8,10-13H,3,6,9,14-17H2,1-2H3,(H2,24,25,26). The first-order chi connectivity index (χ1) is 14.2. The fourth-order valence-corrected chi connectivity index (χ4v) is 3.44. The molecule has 29 heavy (non-hydrogen) atoms. The van der Waals surface area contributed by atoms with Crippen molar-refractivity contribution in [3.8, 4) is 5.75 Å². The normalized spacial score (nSPS) is 14.2. The van der Waals surface area contributed by atoms with Gasteiger partial charge in [-0.15, -0.1) is 0 Å². The van der Waals surface area contributed by atoms with Crippen molar-refractivity contribution in [3.63, 3.8) is 0 Å². The fourth-order valence-electron chi connectivity index (χ4n) is 3.44.